The lowest BCUT2D eigenvalue weighted by Gasteiger charge is -2.25. The Morgan fingerprint density at radius 2 is 0.741 bits per heavy atom. The summed E-state index contributed by atoms with van der Waals surface area (Å²) in [5, 5.41) is 10.6. The van der Waals surface area contributed by atoms with Gasteiger partial charge in [0.25, 0.3) is 0 Å². The van der Waals surface area contributed by atoms with E-state index in [-0.39, 0.29) is 10.8 Å². The molecule has 0 N–H and O–H groups in total. The van der Waals surface area contributed by atoms with Gasteiger partial charge in [-0.2, -0.15) is 0 Å². The minimum Gasteiger partial charge on any atom is -0.0622 e. The highest BCUT2D eigenvalue weighted by Gasteiger charge is 2.39. The van der Waals surface area contributed by atoms with Gasteiger partial charge in [-0.1, -0.05) is 191 Å². The predicted molar refractivity (Wildman–Crippen MR) is 248 cm³/mol. The van der Waals surface area contributed by atoms with Gasteiger partial charge in [-0.25, -0.2) is 0 Å². The molecule has 0 aliphatic heterocycles. The van der Waals surface area contributed by atoms with E-state index in [0.29, 0.717) is 0 Å². The summed E-state index contributed by atoms with van der Waals surface area (Å²) in [6, 6.07) is 68.6. The Morgan fingerprint density at radius 3 is 1.36 bits per heavy atom. The van der Waals surface area contributed by atoms with Crippen LogP contribution in [0.5, 0.6) is 0 Å². The number of benzene rings is 10. The number of hydrogen-bond donors (Lipinski definition) is 0. The van der Waals surface area contributed by atoms with Gasteiger partial charge in [0.15, 0.2) is 0 Å². The van der Waals surface area contributed by atoms with E-state index in [4.69, 9.17) is 0 Å². The van der Waals surface area contributed by atoms with Crippen LogP contribution in [-0.4, -0.2) is 0 Å². The molecule has 0 unspecified atom stereocenters. The highest BCUT2D eigenvalue weighted by molar-refractivity contribution is 6.27. The summed E-state index contributed by atoms with van der Waals surface area (Å²) in [7, 11) is 0. The van der Waals surface area contributed by atoms with Crippen LogP contribution in [0.4, 0.5) is 0 Å². The quantitative estimate of drug-likeness (QED) is 0.158. The van der Waals surface area contributed by atoms with Crippen molar-refractivity contribution in [2.24, 2.45) is 0 Å². The zero-order valence-electron chi connectivity index (χ0n) is 33.3. The second-order valence-electron chi connectivity index (χ2n) is 17.6. The standard InChI is InChI=1S/C58H42/c1-57(2)51-29-24-38(33-49(51)50-34-39(26-31-52(50)57)41-23-13-17-36-16-12-22-40(54(36)41)35-14-6-5-7-15-35)37-25-30-53-48(32-37)47-28-27-46-44-20-9-8-18-42(44)43-19-10-11-21-45(43)55(46)56(47)58(53,3)4/h5-34H,1-4H3. The molecule has 274 valence electrons. The molecule has 12 rings (SSSR count). The first-order valence-electron chi connectivity index (χ1n) is 20.7. The van der Waals surface area contributed by atoms with Crippen molar-refractivity contribution in [3.05, 3.63) is 204 Å². The van der Waals surface area contributed by atoms with Crippen molar-refractivity contribution in [1.82, 2.24) is 0 Å². The fraction of sp³-hybridized carbons (Fsp3) is 0.103. The van der Waals surface area contributed by atoms with Crippen LogP contribution in [0.15, 0.2) is 182 Å². The molecule has 0 aromatic heterocycles. The second-order valence-corrected chi connectivity index (χ2v) is 17.6. The van der Waals surface area contributed by atoms with E-state index >= 15 is 0 Å². The Labute approximate surface area is 340 Å². The molecule has 2 aliphatic carbocycles. The largest absolute Gasteiger partial charge is 0.0622 e. The molecule has 2 aliphatic rings. The number of fused-ring (bicyclic) bond motifs is 14. The molecular formula is C58H42. The summed E-state index contributed by atoms with van der Waals surface area (Å²) in [5.74, 6) is 0. The number of rotatable bonds is 3. The highest BCUT2D eigenvalue weighted by atomic mass is 14.4. The molecule has 58 heavy (non-hydrogen) atoms. The zero-order valence-corrected chi connectivity index (χ0v) is 33.3. The van der Waals surface area contributed by atoms with Crippen LogP contribution in [-0.2, 0) is 10.8 Å². The van der Waals surface area contributed by atoms with Gasteiger partial charge in [0, 0.05) is 10.8 Å². The summed E-state index contributed by atoms with van der Waals surface area (Å²) in [4.78, 5) is 0. The van der Waals surface area contributed by atoms with Crippen LogP contribution in [0, 0.1) is 0 Å². The molecule has 0 heteroatoms. The van der Waals surface area contributed by atoms with E-state index in [0.717, 1.165) is 0 Å². The highest BCUT2D eigenvalue weighted by Crippen LogP contribution is 2.55. The lowest BCUT2D eigenvalue weighted by molar-refractivity contribution is 0.660. The first-order valence-corrected chi connectivity index (χ1v) is 20.7. The molecule has 0 radical (unpaired) electrons. The van der Waals surface area contributed by atoms with Crippen LogP contribution >= 0.6 is 0 Å². The van der Waals surface area contributed by atoms with Gasteiger partial charge in [0.05, 0.1) is 0 Å². The topological polar surface area (TPSA) is 0 Å². The van der Waals surface area contributed by atoms with Crippen molar-refractivity contribution in [1.29, 1.82) is 0 Å². The minimum absolute atomic E-state index is 0.0927. The SMILES string of the molecule is CC1(C)c2ccc(-c3ccc4c(c3)-c3ccc5c6ccccc6c6ccccc6c5c3C4(C)C)cc2-c2cc(-c3cccc4cccc(-c5ccccc5)c34)ccc21. The Bertz CT molecular complexity index is 3340. The van der Waals surface area contributed by atoms with Gasteiger partial charge < -0.3 is 0 Å². The average Bonchev–Trinajstić information content (AvgIpc) is 3.64. The molecule has 0 saturated heterocycles. The van der Waals surface area contributed by atoms with E-state index in [1.54, 1.807) is 0 Å². The van der Waals surface area contributed by atoms with E-state index in [1.807, 2.05) is 0 Å². The molecule has 10 aromatic carbocycles. The van der Waals surface area contributed by atoms with Crippen molar-refractivity contribution < 1.29 is 0 Å². The van der Waals surface area contributed by atoms with Crippen molar-refractivity contribution in [3.8, 4) is 55.6 Å². The monoisotopic (exact) mass is 738 g/mol. The third kappa shape index (κ3) is 4.52. The fourth-order valence-corrected chi connectivity index (χ4v) is 11.1. The molecular weight excluding hydrogens is 697 g/mol. The predicted octanol–water partition coefficient (Wildman–Crippen LogP) is 15.9. The lowest BCUT2D eigenvalue weighted by atomic mass is 9.78. The Hall–Kier alpha value is -6.76. The summed E-state index contributed by atoms with van der Waals surface area (Å²) in [5.41, 5.74) is 18.3. The van der Waals surface area contributed by atoms with Crippen molar-refractivity contribution >= 4 is 43.1 Å². The summed E-state index contributed by atoms with van der Waals surface area (Å²) >= 11 is 0. The van der Waals surface area contributed by atoms with Gasteiger partial charge in [-0.15, -0.1) is 0 Å². The zero-order chi connectivity index (χ0) is 38.9. The minimum atomic E-state index is -0.146. The van der Waals surface area contributed by atoms with Gasteiger partial charge in [-0.05, 0) is 139 Å². The third-order valence-corrected chi connectivity index (χ3v) is 13.8. The van der Waals surface area contributed by atoms with E-state index in [9.17, 15) is 0 Å². The van der Waals surface area contributed by atoms with Crippen LogP contribution in [0.3, 0.4) is 0 Å². The molecule has 0 spiro atoms. The molecule has 0 atom stereocenters. The van der Waals surface area contributed by atoms with Crippen LogP contribution in [0.25, 0.3) is 98.7 Å². The summed E-state index contributed by atoms with van der Waals surface area (Å²) in [6.07, 6.45) is 0. The summed E-state index contributed by atoms with van der Waals surface area (Å²) < 4.78 is 0. The van der Waals surface area contributed by atoms with Crippen molar-refractivity contribution in [3.63, 3.8) is 0 Å². The fourth-order valence-electron chi connectivity index (χ4n) is 11.1. The van der Waals surface area contributed by atoms with E-state index in [1.165, 1.54) is 121 Å². The normalized spacial score (nSPS) is 14.5. The average molecular weight is 739 g/mol. The van der Waals surface area contributed by atoms with Crippen LogP contribution in [0.1, 0.15) is 49.9 Å². The van der Waals surface area contributed by atoms with Crippen molar-refractivity contribution in [2.75, 3.05) is 0 Å². The molecule has 0 nitrogen and oxygen atoms in total. The molecule has 0 fully saturated rings. The van der Waals surface area contributed by atoms with Gasteiger partial charge in [-0.3, -0.25) is 0 Å². The maximum absolute atomic E-state index is 2.47. The van der Waals surface area contributed by atoms with Gasteiger partial charge in [0.2, 0.25) is 0 Å². The van der Waals surface area contributed by atoms with Crippen LogP contribution in [0.2, 0.25) is 0 Å². The lowest BCUT2D eigenvalue weighted by Crippen LogP contribution is -2.15. The Kier molecular flexibility index (Phi) is 6.84. The number of hydrogen-bond acceptors (Lipinski definition) is 0. The van der Waals surface area contributed by atoms with Crippen LogP contribution < -0.4 is 0 Å². The first-order chi connectivity index (χ1) is 28.3. The summed E-state index contributed by atoms with van der Waals surface area (Å²) in [6.45, 7) is 9.61. The maximum atomic E-state index is 2.47. The van der Waals surface area contributed by atoms with Crippen molar-refractivity contribution in [2.45, 2.75) is 38.5 Å². The van der Waals surface area contributed by atoms with Gasteiger partial charge in [0.1, 0.15) is 0 Å². The second kappa shape index (κ2) is 11.9. The first kappa shape index (κ1) is 33.4. The third-order valence-electron chi connectivity index (χ3n) is 13.8. The molecule has 0 bridgehead atoms. The Balaban J connectivity index is 1.01. The smallest absolute Gasteiger partial charge is 0.0165 e. The van der Waals surface area contributed by atoms with E-state index in [2.05, 4.69) is 210 Å². The van der Waals surface area contributed by atoms with Gasteiger partial charge >= 0.3 is 0 Å². The maximum Gasteiger partial charge on any atom is 0.0165 e. The molecule has 10 aromatic rings. The van der Waals surface area contributed by atoms with E-state index < -0.39 is 0 Å². The Morgan fingerprint density at radius 1 is 0.276 bits per heavy atom. The molecule has 0 amide bonds. The molecule has 0 heterocycles. The molecule has 0 saturated carbocycles.